The molecule has 0 amide bonds. The Hall–Kier alpha value is -3.83. The minimum Gasteiger partial charge on any atom is -0.497 e. The fraction of sp³-hybridized carbons (Fsp3) is 0.469. The lowest BCUT2D eigenvalue weighted by Gasteiger charge is -2.27. The highest BCUT2D eigenvalue weighted by Gasteiger charge is 2.37. The van der Waals surface area contributed by atoms with Crippen LogP contribution in [0.2, 0.25) is 0 Å². The van der Waals surface area contributed by atoms with E-state index >= 15 is 0 Å². The van der Waals surface area contributed by atoms with E-state index in [0.29, 0.717) is 43.2 Å². The van der Waals surface area contributed by atoms with E-state index in [9.17, 15) is 8.78 Å². The molecule has 2 aromatic carbocycles. The van der Waals surface area contributed by atoms with Gasteiger partial charge in [-0.1, -0.05) is 13.3 Å². The molecule has 1 aliphatic rings. The van der Waals surface area contributed by atoms with Gasteiger partial charge >= 0.3 is 0 Å². The van der Waals surface area contributed by atoms with Gasteiger partial charge in [-0.3, -0.25) is 9.88 Å². The molecular formula is C32H40F2N6O3. The molecule has 4 aromatic rings. The Morgan fingerprint density at radius 2 is 1.77 bits per heavy atom. The number of aromatic nitrogens is 4. The molecule has 0 saturated carbocycles. The number of fused-ring (bicyclic) bond motifs is 1. The molecule has 1 atom stereocenters. The van der Waals surface area contributed by atoms with Gasteiger partial charge in [-0.25, -0.2) is 18.4 Å². The van der Waals surface area contributed by atoms with Crippen molar-refractivity contribution in [3.8, 4) is 22.8 Å². The first kappa shape index (κ1) is 30.6. The normalized spacial score (nSPS) is 15.6. The molecule has 0 N–H and O–H groups in total. The van der Waals surface area contributed by atoms with Gasteiger partial charge in [-0.2, -0.15) is 5.10 Å². The van der Waals surface area contributed by atoms with Gasteiger partial charge in [-0.15, -0.1) is 0 Å². The van der Waals surface area contributed by atoms with Gasteiger partial charge in [0.15, 0.2) is 0 Å². The van der Waals surface area contributed by atoms with E-state index in [1.807, 2.05) is 52.2 Å². The Labute approximate surface area is 251 Å². The lowest BCUT2D eigenvalue weighted by atomic mass is 10.1. The van der Waals surface area contributed by atoms with Crippen LogP contribution in [0.25, 0.3) is 22.3 Å². The van der Waals surface area contributed by atoms with Gasteiger partial charge in [-0.05, 0) is 37.5 Å². The molecule has 11 heteroatoms. The van der Waals surface area contributed by atoms with Crippen LogP contribution in [0, 0.1) is 0 Å². The average Bonchev–Trinajstić information content (AvgIpc) is 3.65. The Kier molecular flexibility index (Phi) is 9.72. The quantitative estimate of drug-likeness (QED) is 0.159. The van der Waals surface area contributed by atoms with E-state index in [2.05, 4.69) is 21.9 Å². The summed E-state index contributed by atoms with van der Waals surface area (Å²) < 4.78 is 46.1. The Balaban J connectivity index is 1.44. The molecule has 1 saturated heterocycles. The monoisotopic (exact) mass is 594 g/mol. The third-order valence-electron chi connectivity index (χ3n) is 7.86. The number of methoxy groups -OCH3 is 3. The highest BCUT2D eigenvalue weighted by molar-refractivity contribution is 5.82. The second-order valence-electron chi connectivity index (χ2n) is 10.9. The van der Waals surface area contributed by atoms with Crippen molar-refractivity contribution in [1.29, 1.82) is 0 Å². The van der Waals surface area contributed by atoms with Gasteiger partial charge in [0.1, 0.15) is 17.7 Å². The molecule has 9 nitrogen and oxygen atoms in total. The van der Waals surface area contributed by atoms with E-state index < -0.39 is 5.92 Å². The molecule has 0 spiro atoms. The highest BCUT2D eigenvalue weighted by atomic mass is 19.3. The standard InChI is InChI=1S/C32H40F2N6O3/c1-5-6-8-31(43-4)40-21-23(19-36-40)30-20-35-28-10-9-24(17-29(28)37-30)39(13-7-12-38-14-11-32(33,34)22-38)25-15-26(41-2)18-27(16-25)42-3/h9-10,15-21,31H,5-8,11-14,22H2,1-4H3. The summed E-state index contributed by atoms with van der Waals surface area (Å²) in [5, 5.41) is 4.53. The zero-order valence-corrected chi connectivity index (χ0v) is 25.3. The van der Waals surface area contributed by atoms with E-state index in [1.54, 1.807) is 33.7 Å². The predicted octanol–water partition coefficient (Wildman–Crippen LogP) is 6.71. The third-order valence-corrected chi connectivity index (χ3v) is 7.86. The number of nitrogens with zero attached hydrogens (tertiary/aromatic N) is 6. The molecule has 2 aromatic heterocycles. The second-order valence-corrected chi connectivity index (χ2v) is 10.9. The summed E-state index contributed by atoms with van der Waals surface area (Å²) in [5.74, 6) is -1.29. The molecule has 1 fully saturated rings. The predicted molar refractivity (Wildman–Crippen MR) is 164 cm³/mol. The number of hydrogen-bond donors (Lipinski definition) is 0. The van der Waals surface area contributed by atoms with Gasteiger partial charge < -0.3 is 19.1 Å². The average molecular weight is 595 g/mol. The molecule has 0 bridgehead atoms. The van der Waals surface area contributed by atoms with Crippen LogP contribution in [0.15, 0.2) is 55.0 Å². The van der Waals surface area contributed by atoms with Crippen LogP contribution in [0.3, 0.4) is 0 Å². The maximum atomic E-state index is 13.8. The van der Waals surface area contributed by atoms with Gasteiger partial charge in [0.25, 0.3) is 5.92 Å². The summed E-state index contributed by atoms with van der Waals surface area (Å²) >= 11 is 0. The lowest BCUT2D eigenvalue weighted by molar-refractivity contribution is 0.0122. The minimum atomic E-state index is -2.61. The third kappa shape index (κ3) is 7.40. The molecule has 0 aliphatic carbocycles. The molecule has 230 valence electrons. The number of halogens is 2. The van der Waals surface area contributed by atoms with Crippen LogP contribution in [-0.4, -0.2) is 78.1 Å². The summed E-state index contributed by atoms with van der Waals surface area (Å²) in [7, 11) is 4.93. The zero-order valence-electron chi connectivity index (χ0n) is 25.3. The van der Waals surface area contributed by atoms with Crippen molar-refractivity contribution in [3.05, 3.63) is 55.0 Å². The number of likely N-dealkylation sites (tertiary alicyclic amines) is 1. The summed E-state index contributed by atoms with van der Waals surface area (Å²) in [5.41, 5.74) is 4.83. The number of anilines is 2. The van der Waals surface area contributed by atoms with Crippen molar-refractivity contribution in [3.63, 3.8) is 0 Å². The van der Waals surface area contributed by atoms with Crippen LogP contribution < -0.4 is 14.4 Å². The highest BCUT2D eigenvalue weighted by Crippen LogP contribution is 2.35. The van der Waals surface area contributed by atoms with Gasteiger partial charge in [0.2, 0.25) is 0 Å². The fourth-order valence-electron chi connectivity index (χ4n) is 5.48. The maximum Gasteiger partial charge on any atom is 0.261 e. The fourth-order valence-corrected chi connectivity index (χ4v) is 5.48. The van der Waals surface area contributed by atoms with E-state index in [-0.39, 0.29) is 19.2 Å². The lowest BCUT2D eigenvalue weighted by Crippen LogP contribution is -2.29. The van der Waals surface area contributed by atoms with Crippen molar-refractivity contribution < 1.29 is 23.0 Å². The largest absolute Gasteiger partial charge is 0.497 e. The Morgan fingerprint density at radius 3 is 2.44 bits per heavy atom. The number of rotatable bonds is 14. The molecular weight excluding hydrogens is 554 g/mol. The van der Waals surface area contributed by atoms with E-state index in [0.717, 1.165) is 47.2 Å². The number of unbranched alkanes of at least 4 members (excludes halogenated alkanes) is 1. The maximum absolute atomic E-state index is 13.8. The van der Waals surface area contributed by atoms with E-state index in [1.165, 1.54) is 0 Å². The number of hydrogen-bond acceptors (Lipinski definition) is 8. The number of alkyl halides is 2. The Morgan fingerprint density at radius 1 is 0.977 bits per heavy atom. The van der Waals surface area contributed by atoms with Gasteiger partial charge in [0.05, 0.1) is 49.9 Å². The summed E-state index contributed by atoms with van der Waals surface area (Å²) in [6.07, 6.45) is 8.98. The first-order valence-corrected chi connectivity index (χ1v) is 14.8. The molecule has 0 radical (unpaired) electrons. The van der Waals surface area contributed by atoms with Crippen molar-refractivity contribution >= 4 is 22.4 Å². The van der Waals surface area contributed by atoms with E-state index in [4.69, 9.17) is 19.2 Å². The van der Waals surface area contributed by atoms with Crippen LogP contribution in [0.1, 0.15) is 45.3 Å². The van der Waals surface area contributed by atoms with Gasteiger partial charge in [0, 0.05) is 74.5 Å². The second kappa shape index (κ2) is 13.6. The Bertz CT molecular complexity index is 1490. The summed E-state index contributed by atoms with van der Waals surface area (Å²) in [4.78, 5) is 13.6. The smallest absolute Gasteiger partial charge is 0.261 e. The SMILES string of the molecule is CCCCC(OC)n1cc(-c2cnc3ccc(N(CCCN4CCC(F)(F)C4)c4cc(OC)cc(OC)c4)cc3n2)cn1. The first-order valence-electron chi connectivity index (χ1n) is 14.8. The molecule has 1 unspecified atom stereocenters. The molecule has 1 aliphatic heterocycles. The van der Waals surface area contributed by atoms with Crippen molar-refractivity contribution in [2.45, 2.75) is 51.2 Å². The van der Waals surface area contributed by atoms with Crippen molar-refractivity contribution in [2.24, 2.45) is 0 Å². The minimum absolute atomic E-state index is 0.0841. The summed E-state index contributed by atoms with van der Waals surface area (Å²) in [6, 6.07) is 11.7. The van der Waals surface area contributed by atoms with Crippen LogP contribution in [-0.2, 0) is 4.74 Å². The van der Waals surface area contributed by atoms with Crippen LogP contribution >= 0.6 is 0 Å². The van der Waals surface area contributed by atoms with Crippen molar-refractivity contribution in [2.75, 3.05) is 52.4 Å². The van der Waals surface area contributed by atoms with Crippen LogP contribution in [0.5, 0.6) is 11.5 Å². The number of benzene rings is 2. The number of ether oxygens (including phenoxy) is 3. The molecule has 5 rings (SSSR count). The molecule has 43 heavy (non-hydrogen) atoms. The van der Waals surface area contributed by atoms with Crippen LogP contribution in [0.4, 0.5) is 20.2 Å². The summed E-state index contributed by atoms with van der Waals surface area (Å²) in [6.45, 7) is 3.56. The van der Waals surface area contributed by atoms with Crippen molar-refractivity contribution in [1.82, 2.24) is 24.6 Å². The zero-order chi connectivity index (χ0) is 30.4. The molecule has 3 heterocycles. The first-order chi connectivity index (χ1) is 20.8. The topological polar surface area (TPSA) is 77.8 Å².